The summed E-state index contributed by atoms with van der Waals surface area (Å²) in [6, 6.07) is 9.76. The van der Waals surface area contributed by atoms with Gasteiger partial charge in [0, 0.05) is 0 Å². The Morgan fingerprint density at radius 1 is 0.564 bits per heavy atom. The molecular weight excluding hydrogens is 511 g/mol. The van der Waals surface area contributed by atoms with Gasteiger partial charge in [-0.2, -0.15) is 0 Å². The maximum absolute atomic E-state index is 12.0. The van der Waals surface area contributed by atoms with E-state index in [1.54, 1.807) is 6.07 Å². The second-order valence-electron chi connectivity index (χ2n) is 11.4. The summed E-state index contributed by atoms with van der Waals surface area (Å²) in [5, 5.41) is 1.99. The Morgan fingerprint density at radius 2 is 1.00 bits per heavy atom. The summed E-state index contributed by atoms with van der Waals surface area (Å²) in [4.78, 5) is -0.0247. The first-order valence-corrected chi connectivity index (χ1v) is 17.4. The van der Waals surface area contributed by atoms with Gasteiger partial charge in [-0.15, -0.1) is 0 Å². The van der Waals surface area contributed by atoms with Gasteiger partial charge in [-0.05, 0) is 53.6 Å². The molecule has 0 aliphatic carbocycles. The van der Waals surface area contributed by atoms with E-state index in [-0.39, 0.29) is 34.5 Å². The molecule has 0 saturated heterocycles. The van der Waals surface area contributed by atoms with Crippen LogP contribution >= 0.6 is 0 Å². The second-order valence-corrected chi connectivity index (χ2v) is 12.8. The summed E-state index contributed by atoms with van der Waals surface area (Å²) in [7, 11) is -4.48. The van der Waals surface area contributed by atoms with E-state index in [2.05, 4.69) is 32.0 Å². The SMILES string of the molecule is CCCCCCCCCCCCc1ccc2c(CCCCCCCCCCCC)c(S(=O)(=O)[O-])ccc2c1.[Na+]. The van der Waals surface area contributed by atoms with Crippen LogP contribution in [0.2, 0.25) is 0 Å². The monoisotopic (exact) mass is 566 g/mol. The van der Waals surface area contributed by atoms with Gasteiger partial charge < -0.3 is 4.55 Å². The van der Waals surface area contributed by atoms with Crippen LogP contribution in [0.3, 0.4) is 0 Å². The summed E-state index contributed by atoms with van der Waals surface area (Å²) in [6.45, 7) is 4.51. The number of aryl methyl sites for hydroxylation is 2. The second kappa shape index (κ2) is 22.2. The number of hydrogen-bond acceptors (Lipinski definition) is 3. The Morgan fingerprint density at radius 3 is 1.46 bits per heavy atom. The van der Waals surface area contributed by atoms with Crippen molar-refractivity contribution in [2.24, 2.45) is 0 Å². The van der Waals surface area contributed by atoms with Crippen molar-refractivity contribution in [1.82, 2.24) is 0 Å². The fourth-order valence-electron chi connectivity index (χ4n) is 5.68. The van der Waals surface area contributed by atoms with Crippen molar-refractivity contribution >= 4 is 20.9 Å². The summed E-state index contributed by atoms with van der Waals surface area (Å²) in [6.07, 6.45) is 27.4. The zero-order valence-electron chi connectivity index (χ0n) is 25.6. The van der Waals surface area contributed by atoms with Crippen LogP contribution in [0.25, 0.3) is 10.8 Å². The Kier molecular flexibility index (Phi) is 20.9. The molecule has 0 bridgehead atoms. The summed E-state index contributed by atoms with van der Waals surface area (Å²) in [5.41, 5.74) is 2.03. The van der Waals surface area contributed by atoms with Crippen molar-refractivity contribution in [2.75, 3.05) is 0 Å². The minimum Gasteiger partial charge on any atom is -0.744 e. The molecule has 3 nitrogen and oxygen atoms in total. The molecule has 0 saturated carbocycles. The molecule has 0 N–H and O–H groups in total. The molecule has 0 aliphatic rings. The van der Waals surface area contributed by atoms with Crippen molar-refractivity contribution in [3.63, 3.8) is 0 Å². The molecule has 0 atom stereocenters. The molecule has 2 aromatic carbocycles. The molecule has 0 aromatic heterocycles. The summed E-state index contributed by atoms with van der Waals surface area (Å²) >= 11 is 0. The topological polar surface area (TPSA) is 57.2 Å². The van der Waals surface area contributed by atoms with Gasteiger partial charge in [-0.3, -0.25) is 0 Å². The molecule has 5 heteroatoms. The van der Waals surface area contributed by atoms with Gasteiger partial charge in [-0.25, -0.2) is 8.42 Å². The number of rotatable bonds is 23. The average Bonchev–Trinajstić information content (AvgIpc) is 2.90. The number of hydrogen-bond donors (Lipinski definition) is 0. The van der Waals surface area contributed by atoms with E-state index in [9.17, 15) is 13.0 Å². The zero-order valence-corrected chi connectivity index (χ0v) is 28.4. The van der Waals surface area contributed by atoms with Crippen LogP contribution in [0, 0.1) is 0 Å². The van der Waals surface area contributed by atoms with Gasteiger partial charge in [-0.1, -0.05) is 154 Å². The molecule has 0 spiro atoms. The van der Waals surface area contributed by atoms with E-state index >= 15 is 0 Å². The Hall–Kier alpha value is -0.390. The first kappa shape index (κ1) is 36.6. The molecule has 0 aliphatic heterocycles. The van der Waals surface area contributed by atoms with Crippen molar-refractivity contribution in [3.8, 4) is 0 Å². The zero-order chi connectivity index (χ0) is 27.5. The van der Waals surface area contributed by atoms with Crippen molar-refractivity contribution in [3.05, 3.63) is 41.5 Å². The van der Waals surface area contributed by atoms with Gasteiger partial charge in [0.2, 0.25) is 0 Å². The fourth-order valence-corrected chi connectivity index (χ4v) is 6.43. The molecule has 2 rings (SSSR count). The van der Waals surface area contributed by atoms with E-state index in [1.807, 2.05) is 6.07 Å². The number of unbranched alkanes of at least 4 members (excludes halogenated alkanes) is 18. The third-order valence-electron chi connectivity index (χ3n) is 8.02. The van der Waals surface area contributed by atoms with E-state index in [1.165, 1.54) is 121 Å². The van der Waals surface area contributed by atoms with Gasteiger partial charge in [0.25, 0.3) is 0 Å². The van der Waals surface area contributed by atoms with E-state index in [4.69, 9.17) is 0 Å². The normalized spacial score (nSPS) is 11.7. The molecular formula is C34H55NaO3S. The first-order valence-electron chi connectivity index (χ1n) is 16.0. The molecule has 0 heterocycles. The van der Waals surface area contributed by atoms with Crippen LogP contribution in [0.1, 0.15) is 153 Å². The molecule has 0 amide bonds. The van der Waals surface area contributed by atoms with Crippen molar-refractivity contribution in [1.29, 1.82) is 0 Å². The van der Waals surface area contributed by atoms with Crippen LogP contribution in [0.15, 0.2) is 35.2 Å². The Labute approximate surface area is 263 Å². The van der Waals surface area contributed by atoms with Crippen LogP contribution < -0.4 is 29.6 Å². The Bertz CT molecular complexity index is 1000. The minimum absolute atomic E-state index is 0. The molecule has 216 valence electrons. The number of fused-ring (bicyclic) bond motifs is 1. The van der Waals surface area contributed by atoms with Crippen molar-refractivity contribution in [2.45, 2.75) is 160 Å². The molecule has 0 fully saturated rings. The van der Waals surface area contributed by atoms with E-state index in [0.717, 1.165) is 35.6 Å². The third-order valence-corrected chi connectivity index (χ3v) is 8.94. The van der Waals surface area contributed by atoms with Gasteiger partial charge in [0.1, 0.15) is 10.1 Å². The summed E-state index contributed by atoms with van der Waals surface area (Å²) < 4.78 is 36.0. The van der Waals surface area contributed by atoms with Gasteiger partial charge in [0.15, 0.2) is 0 Å². The first-order chi connectivity index (χ1) is 18.5. The predicted molar refractivity (Wildman–Crippen MR) is 163 cm³/mol. The van der Waals surface area contributed by atoms with Crippen LogP contribution in [0.4, 0.5) is 0 Å². The van der Waals surface area contributed by atoms with Gasteiger partial charge in [0.05, 0.1) is 4.90 Å². The maximum Gasteiger partial charge on any atom is 1.00 e. The van der Waals surface area contributed by atoms with Crippen LogP contribution in [-0.2, 0) is 23.0 Å². The third kappa shape index (κ3) is 15.4. The van der Waals surface area contributed by atoms with Crippen molar-refractivity contribution < 1.29 is 42.5 Å². The molecule has 0 radical (unpaired) electrons. The predicted octanol–water partition coefficient (Wildman–Crippen LogP) is 7.67. The maximum atomic E-state index is 12.0. The average molecular weight is 567 g/mol. The number of benzene rings is 2. The minimum atomic E-state index is -4.48. The quantitative estimate of drug-likeness (QED) is 0.0788. The standard InChI is InChI=1S/C34H56O3S.Na/c1-3-5-7-9-11-13-15-17-19-21-23-30-25-27-32-31(29-30)26-28-34(38(35,36)37)33(32)24-22-20-18-16-14-12-10-8-6-4-2;/h25-29H,3-24H2,1-2H3,(H,35,36,37);/q;+1/p-1. The van der Waals surface area contributed by atoms with E-state index < -0.39 is 10.1 Å². The smallest absolute Gasteiger partial charge is 0.744 e. The summed E-state index contributed by atoms with van der Waals surface area (Å²) in [5.74, 6) is 0. The Balaban J connectivity index is 0.00000760. The van der Waals surface area contributed by atoms with Crippen LogP contribution in [-0.4, -0.2) is 13.0 Å². The molecule has 0 unspecified atom stereocenters. The largest absolute Gasteiger partial charge is 1.00 e. The fraction of sp³-hybridized carbons (Fsp3) is 0.706. The molecule has 39 heavy (non-hydrogen) atoms. The molecule has 2 aromatic rings. The van der Waals surface area contributed by atoms with Gasteiger partial charge >= 0.3 is 29.6 Å². The van der Waals surface area contributed by atoms with Crippen LogP contribution in [0.5, 0.6) is 0 Å². The van der Waals surface area contributed by atoms with E-state index in [0.29, 0.717) is 6.42 Å².